The quantitative estimate of drug-likeness (QED) is 0.646. The van der Waals surface area contributed by atoms with Gasteiger partial charge in [-0.25, -0.2) is 4.98 Å². The Kier molecular flexibility index (Phi) is 3.93. The van der Waals surface area contributed by atoms with Gasteiger partial charge in [-0.2, -0.15) is 0 Å². The minimum Gasteiger partial charge on any atom is -0.367 e. The third-order valence-electron chi connectivity index (χ3n) is 3.96. The van der Waals surface area contributed by atoms with Crippen LogP contribution in [0, 0.1) is 0 Å². The van der Waals surface area contributed by atoms with Gasteiger partial charge in [0.15, 0.2) is 0 Å². The number of benzene rings is 1. The van der Waals surface area contributed by atoms with E-state index in [4.69, 9.17) is 10.9 Å². The molecule has 22 heavy (non-hydrogen) atoms. The zero-order valence-electron chi connectivity index (χ0n) is 12.0. The van der Waals surface area contributed by atoms with Gasteiger partial charge in [-0.1, -0.05) is 6.07 Å². The highest BCUT2D eigenvalue weighted by Gasteiger charge is 2.19. The maximum atomic E-state index is 11.3. The first-order valence-corrected chi connectivity index (χ1v) is 7.20. The van der Waals surface area contributed by atoms with Crippen LogP contribution >= 0.6 is 0 Å². The van der Waals surface area contributed by atoms with Crippen molar-refractivity contribution in [1.82, 2.24) is 4.98 Å². The molecule has 0 saturated carbocycles. The SMILES string of the molecule is NC(=O)c1ccc2c(c1)CC(Nc1ccc(NO)cn1)CC2. The molecule has 0 aliphatic heterocycles. The number of hydrogen-bond acceptors (Lipinski definition) is 5. The molecule has 3 rings (SSSR count). The number of anilines is 2. The lowest BCUT2D eigenvalue weighted by molar-refractivity contribution is 0.1000. The number of primary amides is 1. The van der Waals surface area contributed by atoms with E-state index in [1.165, 1.54) is 5.56 Å². The molecule has 1 atom stereocenters. The summed E-state index contributed by atoms with van der Waals surface area (Å²) in [6.07, 6.45) is 4.36. The predicted octanol–water partition coefficient (Wildman–Crippen LogP) is 1.95. The number of aryl methyl sites for hydroxylation is 1. The van der Waals surface area contributed by atoms with Crippen LogP contribution in [0.5, 0.6) is 0 Å². The van der Waals surface area contributed by atoms with Crippen molar-refractivity contribution in [3.63, 3.8) is 0 Å². The van der Waals surface area contributed by atoms with Crippen LogP contribution in [-0.4, -0.2) is 22.1 Å². The molecule has 0 bridgehead atoms. The Labute approximate surface area is 128 Å². The number of nitrogens with one attached hydrogen (secondary N) is 2. The number of aromatic nitrogens is 1. The summed E-state index contributed by atoms with van der Waals surface area (Å²) in [6, 6.07) is 9.49. The van der Waals surface area contributed by atoms with Crippen LogP contribution < -0.4 is 16.5 Å². The van der Waals surface area contributed by atoms with Crippen LogP contribution in [0.15, 0.2) is 36.5 Å². The summed E-state index contributed by atoms with van der Waals surface area (Å²) < 4.78 is 0. The average molecular weight is 298 g/mol. The molecule has 1 aliphatic rings. The van der Waals surface area contributed by atoms with Gasteiger partial charge in [0.2, 0.25) is 5.91 Å². The van der Waals surface area contributed by atoms with E-state index in [1.54, 1.807) is 18.3 Å². The fraction of sp³-hybridized carbons (Fsp3) is 0.250. The molecular formula is C16H18N4O2. The molecule has 0 spiro atoms. The van der Waals surface area contributed by atoms with Gasteiger partial charge in [-0.05, 0) is 54.7 Å². The second kappa shape index (κ2) is 6.03. The lowest BCUT2D eigenvalue weighted by Gasteiger charge is -2.26. The summed E-state index contributed by atoms with van der Waals surface area (Å²) >= 11 is 0. The Bertz CT molecular complexity index is 685. The van der Waals surface area contributed by atoms with Crippen LogP contribution in [0.25, 0.3) is 0 Å². The molecule has 5 N–H and O–H groups in total. The first-order valence-electron chi connectivity index (χ1n) is 7.20. The van der Waals surface area contributed by atoms with E-state index in [0.29, 0.717) is 11.3 Å². The second-order valence-corrected chi connectivity index (χ2v) is 5.48. The number of nitrogens with zero attached hydrogens (tertiary/aromatic N) is 1. The molecule has 6 nitrogen and oxygen atoms in total. The first-order chi connectivity index (χ1) is 10.7. The van der Waals surface area contributed by atoms with Crippen molar-refractivity contribution in [3.05, 3.63) is 53.2 Å². The molecule has 1 aliphatic carbocycles. The van der Waals surface area contributed by atoms with Gasteiger partial charge in [0.05, 0.1) is 11.9 Å². The maximum absolute atomic E-state index is 11.3. The second-order valence-electron chi connectivity index (χ2n) is 5.48. The first kappa shape index (κ1) is 14.3. The highest BCUT2D eigenvalue weighted by molar-refractivity contribution is 5.93. The number of fused-ring (bicyclic) bond motifs is 1. The number of rotatable bonds is 4. The highest BCUT2D eigenvalue weighted by atomic mass is 16.5. The van der Waals surface area contributed by atoms with Crippen LogP contribution in [0.1, 0.15) is 27.9 Å². The van der Waals surface area contributed by atoms with Gasteiger partial charge in [0.1, 0.15) is 5.82 Å². The topological polar surface area (TPSA) is 100 Å². The Morgan fingerprint density at radius 3 is 2.82 bits per heavy atom. The smallest absolute Gasteiger partial charge is 0.248 e. The average Bonchev–Trinajstić information content (AvgIpc) is 2.55. The van der Waals surface area contributed by atoms with Gasteiger partial charge in [-0.3, -0.25) is 15.5 Å². The van der Waals surface area contributed by atoms with Crippen LogP contribution in [0.3, 0.4) is 0 Å². The fourth-order valence-electron chi connectivity index (χ4n) is 2.79. The van der Waals surface area contributed by atoms with Crippen molar-refractivity contribution in [2.45, 2.75) is 25.3 Å². The number of pyridine rings is 1. The number of carbonyl (C=O) groups is 1. The van der Waals surface area contributed by atoms with Crippen molar-refractivity contribution in [2.75, 3.05) is 10.8 Å². The molecule has 1 aromatic heterocycles. The van der Waals surface area contributed by atoms with Crippen LogP contribution in [0.4, 0.5) is 11.5 Å². The maximum Gasteiger partial charge on any atom is 0.248 e. The molecule has 2 aromatic rings. The minimum atomic E-state index is -0.397. The van der Waals surface area contributed by atoms with E-state index in [-0.39, 0.29) is 6.04 Å². The van der Waals surface area contributed by atoms with E-state index in [1.807, 2.05) is 18.2 Å². The van der Waals surface area contributed by atoms with Crippen molar-refractivity contribution in [1.29, 1.82) is 0 Å². The van der Waals surface area contributed by atoms with Gasteiger partial charge >= 0.3 is 0 Å². The molecule has 114 valence electrons. The Morgan fingerprint density at radius 1 is 1.27 bits per heavy atom. The lowest BCUT2D eigenvalue weighted by atomic mass is 9.87. The largest absolute Gasteiger partial charge is 0.367 e. The summed E-state index contributed by atoms with van der Waals surface area (Å²) in [5.74, 6) is 0.366. The third-order valence-corrected chi connectivity index (χ3v) is 3.96. The van der Waals surface area contributed by atoms with E-state index in [2.05, 4.69) is 15.8 Å². The molecule has 1 unspecified atom stereocenters. The molecule has 0 fully saturated rings. The Balaban J connectivity index is 1.72. The van der Waals surface area contributed by atoms with Gasteiger partial charge in [-0.15, -0.1) is 0 Å². The van der Waals surface area contributed by atoms with E-state index in [0.717, 1.165) is 30.6 Å². The van der Waals surface area contributed by atoms with E-state index in [9.17, 15) is 4.79 Å². The predicted molar refractivity (Wildman–Crippen MR) is 84.0 cm³/mol. The fourth-order valence-corrected chi connectivity index (χ4v) is 2.79. The Morgan fingerprint density at radius 2 is 2.14 bits per heavy atom. The highest BCUT2D eigenvalue weighted by Crippen LogP contribution is 2.24. The zero-order valence-corrected chi connectivity index (χ0v) is 12.0. The van der Waals surface area contributed by atoms with Crippen molar-refractivity contribution >= 4 is 17.4 Å². The zero-order chi connectivity index (χ0) is 15.5. The van der Waals surface area contributed by atoms with Gasteiger partial charge in [0.25, 0.3) is 0 Å². The Hall–Kier alpha value is -2.60. The third kappa shape index (κ3) is 3.01. The number of nitrogens with two attached hydrogens (primary N) is 1. The van der Waals surface area contributed by atoms with Gasteiger partial charge < -0.3 is 11.1 Å². The standard InChI is InChI=1S/C16H18N4O2/c17-16(21)11-2-1-10-3-4-13(8-12(10)7-11)19-15-6-5-14(20-22)9-18-15/h1-2,5-7,9,13,20,22H,3-4,8H2,(H2,17,21)(H,18,19). The summed E-state index contributed by atoms with van der Waals surface area (Å²) in [7, 11) is 0. The summed E-state index contributed by atoms with van der Waals surface area (Å²) in [4.78, 5) is 15.5. The van der Waals surface area contributed by atoms with E-state index < -0.39 is 5.91 Å². The minimum absolute atomic E-state index is 0.260. The molecule has 0 saturated heterocycles. The molecule has 1 heterocycles. The molecule has 0 radical (unpaired) electrons. The summed E-state index contributed by atoms with van der Waals surface area (Å²) in [5.41, 5.74) is 10.9. The summed E-state index contributed by atoms with van der Waals surface area (Å²) in [5, 5.41) is 12.2. The summed E-state index contributed by atoms with van der Waals surface area (Å²) in [6.45, 7) is 0. The number of amides is 1. The molecule has 1 amide bonds. The van der Waals surface area contributed by atoms with Crippen molar-refractivity contribution < 1.29 is 10.0 Å². The normalized spacial score (nSPS) is 16.7. The lowest BCUT2D eigenvalue weighted by Crippen LogP contribution is -2.28. The molecule has 1 aromatic carbocycles. The van der Waals surface area contributed by atoms with E-state index >= 15 is 0 Å². The molecular weight excluding hydrogens is 280 g/mol. The molecule has 6 heteroatoms. The van der Waals surface area contributed by atoms with Crippen LogP contribution in [-0.2, 0) is 12.8 Å². The van der Waals surface area contributed by atoms with Crippen LogP contribution in [0.2, 0.25) is 0 Å². The number of hydrogen-bond donors (Lipinski definition) is 4. The monoisotopic (exact) mass is 298 g/mol. The van der Waals surface area contributed by atoms with Crippen molar-refractivity contribution in [3.8, 4) is 0 Å². The number of carbonyl (C=O) groups excluding carboxylic acids is 1. The van der Waals surface area contributed by atoms with Gasteiger partial charge in [0, 0.05) is 11.6 Å². The van der Waals surface area contributed by atoms with Crippen molar-refractivity contribution in [2.24, 2.45) is 5.73 Å².